The molecule has 0 spiro atoms. The molecular formula is C41H79AgF4O10SSi2. The molecule has 0 fully saturated rings. The number of carbonyl (C=O) groups excluding carboxylic acids is 2. The molecule has 0 saturated carbocycles. The fourth-order valence-electron chi connectivity index (χ4n) is 4.75. The van der Waals surface area contributed by atoms with Gasteiger partial charge in [0.2, 0.25) is 0 Å². The van der Waals surface area contributed by atoms with E-state index in [1.54, 1.807) is 14.0 Å². The monoisotopic (exact) mass is 1000 g/mol. The molecule has 1 atom stereocenters. The predicted octanol–water partition coefficient (Wildman–Crippen LogP) is 11.0. The number of rotatable bonds is 24. The second-order valence-electron chi connectivity index (χ2n) is 16.3. The number of unbranched alkanes of at least 4 members (excludes halogenated alkanes) is 1. The number of carbonyl (C=O) groups is 2. The maximum Gasteiger partial charge on any atom is 1.00 e. The van der Waals surface area contributed by atoms with Gasteiger partial charge < -0.3 is 27.6 Å². The number of methoxy groups -OCH3 is 1. The summed E-state index contributed by atoms with van der Waals surface area (Å²) < 4.78 is 114. The quantitative estimate of drug-likeness (QED) is 0.0246. The van der Waals surface area contributed by atoms with Crippen molar-refractivity contribution in [2.45, 2.75) is 171 Å². The van der Waals surface area contributed by atoms with E-state index in [4.69, 9.17) is 23.1 Å². The number of benzene rings is 1. The Labute approximate surface area is 373 Å². The second kappa shape index (κ2) is 31.8. The predicted molar refractivity (Wildman–Crippen MR) is 229 cm³/mol. The largest absolute Gasteiger partial charge is 1.00 e. The summed E-state index contributed by atoms with van der Waals surface area (Å²) in [7, 11) is -7.25. The van der Waals surface area contributed by atoms with Gasteiger partial charge in [0.05, 0.1) is 44.6 Å². The Morgan fingerprint density at radius 3 is 1.61 bits per heavy atom. The van der Waals surface area contributed by atoms with Crippen molar-refractivity contribution in [3.8, 4) is 0 Å². The molecule has 1 unspecified atom stereocenters. The maximum absolute atomic E-state index is 13.7. The summed E-state index contributed by atoms with van der Waals surface area (Å²) in [6.07, 6.45) is 4.99. The third-order valence-electron chi connectivity index (χ3n) is 9.45. The Hall–Kier alpha value is -0.996. The molecular weight excluding hydrogens is 925 g/mol. The first kappa shape index (κ1) is 67.1. The van der Waals surface area contributed by atoms with Gasteiger partial charge in [-0.2, -0.15) is 0 Å². The van der Waals surface area contributed by atoms with Crippen molar-refractivity contribution in [1.82, 2.24) is 0 Å². The molecule has 18 heteroatoms. The van der Waals surface area contributed by atoms with Crippen LogP contribution in [0.1, 0.15) is 121 Å². The van der Waals surface area contributed by atoms with E-state index in [-0.39, 0.29) is 48.6 Å². The van der Waals surface area contributed by atoms with Gasteiger partial charge in [0.1, 0.15) is 20.8 Å². The second-order valence-corrected chi connectivity index (χ2v) is 26.4. The number of Topliss-reactive ketones (excluding diaryl/α,β-unsaturated/α-hetero) is 1. The molecule has 59 heavy (non-hydrogen) atoms. The molecule has 0 amide bonds. The third kappa shape index (κ3) is 26.9. The van der Waals surface area contributed by atoms with Gasteiger partial charge in [0.15, 0.2) is 39.9 Å². The molecule has 0 bridgehead atoms. The van der Waals surface area contributed by atoms with E-state index in [0.29, 0.717) is 45.6 Å². The molecule has 0 radical (unpaired) electrons. The number of hydrogen-bond acceptors (Lipinski definition) is 10. The van der Waals surface area contributed by atoms with Crippen molar-refractivity contribution in [1.29, 1.82) is 0 Å². The van der Waals surface area contributed by atoms with Crippen LogP contribution in [-0.2, 0) is 71.6 Å². The van der Waals surface area contributed by atoms with Gasteiger partial charge in [-0.25, -0.2) is 26.0 Å². The number of halogens is 4. The van der Waals surface area contributed by atoms with Crippen molar-refractivity contribution >= 4 is 38.5 Å². The van der Waals surface area contributed by atoms with Crippen LogP contribution in [0.15, 0.2) is 4.90 Å². The van der Waals surface area contributed by atoms with Crippen molar-refractivity contribution < 1.29 is 85.6 Å². The number of ketones is 1. The zero-order valence-electron chi connectivity index (χ0n) is 36.8. The van der Waals surface area contributed by atoms with Crippen molar-refractivity contribution in [3.63, 3.8) is 0 Å². The van der Waals surface area contributed by atoms with Crippen molar-refractivity contribution in [3.05, 3.63) is 28.8 Å². The molecule has 0 saturated heterocycles. The van der Waals surface area contributed by atoms with E-state index in [9.17, 15) is 40.1 Å². The first-order chi connectivity index (χ1) is 25.6. The topological polar surface area (TPSA) is 137 Å². The minimum absolute atomic E-state index is 0. The Bertz CT molecular complexity index is 1420. The minimum Gasteiger partial charge on any atom is -0.744 e. The summed E-state index contributed by atoms with van der Waals surface area (Å²) in [6, 6.07) is 2.31. The summed E-state index contributed by atoms with van der Waals surface area (Å²) >= 11 is 0. The average Bonchev–Trinajstić information content (AvgIpc) is 3.10. The summed E-state index contributed by atoms with van der Waals surface area (Å²) in [5.74, 6) is -9.54. The van der Waals surface area contributed by atoms with Crippen LogP contribution >= 0.6 is 0 Å². The molecule has 356 valence electrons. The van der Waals surface area contributed by atoms with Gasteiger partial charge in [-0.15, -0.1) is 0 Å². The Morgan fingerprint density at radius 2 is 1.20 bits per heavy atom. The van der Waals surface area contributed by atoms with Gasteiger partial charge in [-0.05, 0) is 84.7 Å². The van der Waals surface area contributed by atoms with Crippen LogP contribution in [0.2, 0.25) is 38.3 Å². The number of ether oxygens (including phenoxy) is 4. The van der Waals surface area contributed by atoms with Crippen molar-refractivity contribution in [2.24, 2.45) is 10.8 Å². The smallest absolute Gasteiger partial charge is 0.744 e. The molecule has 0 heterocycles. The molecule has 0 aliphatic carbocycles. The van der Waals surface area contributed by atoms with Gasteiger partial charge in [0, 0.05) is 24.5 Å². The fourth-order valence-corrected chi connectivity index (χ4v) is 14.4. The minimum atomic E-state index is -5.75. The summed E-state index contributed by atoms with van der Waals surface area (Å²) in [6.45, 7) is 29.4. The van der Waals surface area contributed by atoms with Crippen LogP contribution in [0.5, 0.6) is 0 Å². The zero-order valence-corrected chi connectivity index (χ0v) is 41.1. The fraction of sp³-hybridized carbons (Fsp3) is 0.805. The SMILES string of the molecule is C.C.CCC(C)(C)C(=O)Cc1c(F)c(F)c(S(=O)(=O)[O-])c(F)c1F.CCC(C)OCCOCCOC.CCCC[Si](C)(C)O[Si](C)(C)CCCOC(=O)C(C)(C)CC.[Ag+]. The van der Waals surface area contributed by atoms with Crippen molar-refractivity contribution in [2.75, 3.05) is 40.1 Å². The third-order valence-corrected chi connectivity index (χ3v) is 17.8. The van der Waals surface area contributed by atoms with Crippen LogP contribution in [0, 0.1) is 34.1 Å². The van der Waals surface area contributed by atoms with Gasteiger partial charge >= 0.3 is 28.3 Å². The molecule has 1 aromatic carbocycles. The molecule has 0 aromatic heterocycles. The normalized spacial score (nSPS) is 12.3. The Kier molecular flexibility index (Phi) is 36.1. The average molecular weight is 1000 g/mol. The van der Waals surface area contributed by atoms with E-state index in [2.05, 4.69) is 47.0 Å². The van der Waals surface area contributed by atoms with E-state index in [1.165, 1.54) is 32.7 Å². The van der Waals surface area contributed by atoms with Crippen LogP contribution in [0.25, 0.3) is 0 Å². The number of esters is 1. The molecule has 0 aliphatic heterocycles. The van der Waals surface area contributed by atoms with Gasteiger partial charge in [-0.1, -0.05) is 69.2 Å². The van der Waals surface area contributed by atoms with Gasteiger partial charge in [-0.3, -0.25) is 9.59 Å². The first-order valence-corrected chi connectivity index (χ1v) is 27.1. The van der Waals surface area contributed by atoms with Crippen LogP contribution in [0.4, 0.5) is 17.6 Å². The summed E-state index contributed by atoms with van der Waals surface area (Å²) in [5, 5.41) is 0. The van der Waals surface area contributed by atoms with Crippen LogP contribution in [-0.4, -0.2) is 87.6 Å². The summed E-state index contributed by atoms with van der Waals surface area (Å²) in [4.78, 5) is 21.6. The maximum atomic E-state index is 13.7. The Balaban J connectivity index is -0.000000251. The molecule has 10 nitrogen and oxygen atoms in total. The standard InChI is InChI=1S/C17H38O3Si2.C13H14F4O4S.C9H20O3.2CH4.Ag/c1-9-11-14-21(5,6)20-22(7,8)15-12-13-19-16(18)17(3,4)10-2;1-4-13(2,3)7(18)5-6-8(14)10(16)12(22(19,20)21)11(17)9(6)15;1-4-9(2)12-8-7-11-6-5-10-3;;;/h9-15H2,1-8H3;4-5H2,1-3H3,(H,19,20,21);9H,4-8H2,1-3H3;2*1H4;/q;;;;;+1/p-1. The first-order valence-electron chi connectivity index (χ1n) is 19.5. The van der Waals surface area contributed by atoms with E-state index in [0.717, 1.165) is 25.3 Å². The van der Waals surface area contributed by atoms with Crippen LogP contribution < -0.4 is 0 Å². The summed E-state index contributed by atoms with van der Waals surface area (Å²) in [5.41, 5.74) is -2.60. The van der Waals surface area contributed by atoms with Gasteiger partial charge in [0.25, 0.3) is 0 Å². The van der Waals surface area contributed by atoms with Crippen LogP contribution in [0.3, 0.4) is 0 Å². The van der Waals surface area contributed by atoms with E-state index in [1.807, 2.05) is 20.8 Å². The van der Waals surface area contributed by atoms with E-state index >= 15 is 0 Å². The van der Waals surface area contributed by atoms with E-state index < -0.39 is 78.1 Å². The number of hydrogen-bond donors (Lipinski definition) is 0. The molecule has 0 N–H and O–H groups in total. The zero-order chi connectivity index (χ0) is 44.1. The molecule has 1 rings (SSSR count). The molecule has 0 aliphatic rings. The molecule has 1 aromatic rings. The Morgan fingerprint density at radius 1 is 0.746 bits per heavy atom.